The lowest BCUT2D eigenvalue weighted by Gasteiger charge is -2.16. The highest BCUT2D eigenvalue weighted by Gasteiger charge is 2.27. The lowest BCUT2D eigenvalue weighted by Crippen LogP contribution is -2.27. The number of carbonyl (C=O) groups is 1. The Balaban J connectivity index is 1.64. The van der Waals surface area contributed by atoms with E-state index in [4.69, 9.17) is 16.3 Å². The Morgan fingerprint density at radius 1 is 1.19 bits per heavy atom. The maximum atomic E-state index is 12.6. The van der Waals surface area contributed by atoms with Crippen molar-refractivity contribution in [1.82, 2.24) is 4.31 Å². The summed E-state index contributed by atoms with van der Waals surface area (Å²) >= 11 is 6.17. The molecule has 0 aliphatic carbocycles. The third-order valence-corrected chi connectivity index (χ3v) is 6.57. The number of hydrogen-bond donors (Lipinski definition) is 1. The van der Waals surface area contributed by atoms with Gasteiger partial charge in [-0.15, -0.1) is 0 Å². The zero-order chi connectivity index (χ0) is 19.4. The molecule has 144 valence electrons. The fourth-order valence-electron chi connectivity index (χ4n) is 2.88. The second kappa shape index (κ2) is 8.29. The van der Waals surface area contributed by atoms with Crippen molar-refractivity contribution in [2.75, 3.05) is 25.0 Å². The summed E-state index contributed by atoms with van der Waals surface area (Å²) in [6, 6.07) is 11.7. The number of nitrogens with one attached hydrogen (secondary N) is 1. The van der Waals surface area contributed by atoms with E-state index in [2.05, 4.69) is 5.32 Å². The summed E-state index contributed by atoms with van der Waals surface area (Å²) in [4.78, 5) is 12.2. The number of sulfonamides is 1. The minimum absolute atomic E-state index is 0.131. The maximum Gasteiger partial charge on any atom is 0.262 e. The van der Waals surface area contributed by atoms with Gasteiger partial charge in [0.25, 0.3) is 5.91 Å². The number of aryl methyl sites for hydroxylation is 1. The first kappa shape index (κ1) is 19.7. The molecule has 0 saturated carbocycles. The van der Waals surface area contributed by atoms with Gasteiger partial charge in [-0.3, -0.25) is 4.79 Å². The van der Waals surface area contributed by atoms with E-state index in [1.54, 1.807) is 6.07 Å². The lowest BCUT2D eigenvalue weighted by atomic mass is 10.2. The molecule has 1 aliphatic rings. The SMILES string of the molecule is Cc1ccccc1NC(=O)COc1ccc(S(=O)(=O)N2CCCC2)cc1Cl. The van der Waals surface area contributed by atoms with E-state index in [9.17, 15) is 13.2 Å². The van der Waals surface area contributed by atoms with Gasteiger partial charge < -0.3 is 10.1 Å². The first-order valence-corrected chi connectivity index (χ1v) is 10.5. The highest BCUT2D eigenvalue weighted by atomic mass is 35.5. The molecule has 1 aliphatic heterocycles. The van der Waals surface area contributed by atoms with E-state index in [-0.39, 0.29) is 28.2 Å². The highest BCUT2D eigenvalue weighted by molar-refractivity contribution is 7.89. The van der Waals surface area contributed by atoms with E-state index >= 15 is 0 Å². The number of benzene rings is 2. The van der Waals surface area contributed by atoms with Crippen LogP contribution in [-0.4, -0.2) is 38.3 Å². The standard InChI is InChI=1S/C19H21ClN2O4S/c1-14-6-2-3-7-17(14)21-19(23)13-26-18-9-8-15(12-16(18)20)27(24,25)22-10-4-5-11-22/h2-3,6-9,12H,4-5,10-11,13H2,1H3,(H,21,23). The van der Waals surface area contributed by atoms with Crippen molar-refractivity contribution >= 4 is 33.2 Å². The molecule has 2 aromatic carbocycles. The molecule has 8 heteroatoms. The number of para-hydroxylation sites is 1. The first-order valence-electron chi connectivity index (χ1n) is 8.66. The van der Waals surface area contributed by atoms with Crippen molar-refractivity contribution in [2.24, 2.45) is 0 Å². The monoisotopic (exact) mass is 408 g/mol. The Hall–Kier alpha value is -2.09. The molecule has 3 rings (SSSR count). The fourth-order valence-corrected chi connectivity index (χ4v) is 4.72. The maximum absolute atomic E-state index is 12.6. The molecule has 6 nitrogen and oxygen atoms in total. The Labute approximate surface area is 164 Å². The molecule has 27 heavy (non-hydrogen) atoms. The summed E-state index contributed by atoms with van der Waals surface area (Å²) in [5.41, 5.74) is 1.66. The Morgan fingerprint density at radius 3 is 2.56 bits per heavy atom. The summed E-state index contributed by atoms with van der Waals surface area (Å²) < 4.78 is 32.0. The minimum atomic E-state index is -3.54. The van der Waals surface area contributed by atoms with Crippen LogP contribution in [0.3, 0.4) is 0 Å². The summed E-state index contributed by atoms with van der Waals surface area (Å²) in [5.74, 6) is -0.0638. The van der Waals surface area contributed by atoms with Crippen LogP contribution in [0.25, 0.3) is 0 Å². The molecule has 0 spiro atoms. The molecule has 0 unspecified atom stereocenters. The number of anilines is 1. The molecule has 1 saturated heterocycles. The van der Waals surface area contributed by atoms with Crippen LogP contribution in [-0.2, 0) is 14.8 Å². The molecule has 0 aromatic heterocycles. The van der Waals surface area contributed by atoms with Gasteiger partial charge in [-0.25, -0.2) is 8.42 Å². The van der Waals surface area contributed by atoms with Gasteiger partial charge in [-0.1, -0.05) is 29.8 Å². The summed E-state index contributed by atoms with van der Waals surface area (Å²) in [5, 5.41) is 2.91. The van der Waals surface area contributed by atoms with E-state index in [0.29, 0.717) is 18.8 Å². The lowest BCUT2D eigenvalue weighted by molar-refractivity contribution is -0.118. The number of amides is 1. The number of carbonyl (C=O) groups excluding carboxylic acids is 1. The van der Waals surface area contributed by atoms with Crippen molar-refractivity contribution in [3.8, 4) is 5.75 Å². The molecular formula is C19H21ClN2O4S. The van der Waals surface area contributed by atoms with Crippen LogP contribution in [0.15, 0.2) is 47.4 Å². The second-order valence-electron chi connectivity index (χ2n) is 6.36. The van der Waals surface area contributed by atoms with Gasteiger partial charge in [-0.05, 0) is 49.6 Å². The highest BCUT2D eigenvalue weighted by Crippen LogP contribution is 2.30. The summed E-state index contributed by atoms with van der Waals surface area (Å²) in [6.07, 6.45) is 1.73. The van der Waals surface area contributed by atoms with E-state index in [1.165, 1.54) is 22.5 Å². The van der Waals surface area contributed by atoms with E-state index in [1.807, 2.05) is 25.1 Å². The van der Waals surface area contributed by atoms with Gasteiger partial charge in [-0.2, -0.15) is 4.31 Å². The van der Waals surface area contributed by atoms with Crippen LogP contribution in [0.1, 0.15) is 18.4 Å². The van der Waals surface area contributed by atoms with Gasteiger partial charge in [0.05, 0.1) is 9.92 Å². The number of rotatable bonds is 6. The topological polar surface area (TPSA) is 75.7 Å². The molecule has 1 amide bonds. The Morgan fingerprint density at radius 2 is 1.89 bits per heavy atom. The molecule has 2 aromatic rings. The number of hydrogen-bond acceptors (Lipinski definition) is 4. The van der Waals surface area contributed by atoms with Crippen LogP contribution in [0, 0.1) is 6.92 Å². The molecule has 0 bridgehead atoms. The average Bonchev–Trinajstić information content (AvgIpc) is 3.18. The van der Waals surface area contributed by atoms with Crippen LogP contribution in [0.2, 0.25) is 5.02 Å². The first-order chi connectivity index (χ1) is 12.9. The van der Waals surface area contributed by atoms with Gasteiger partial charge in [0.1, 0.15) is 5.75 Å². The smallest absolute Gasteiger partial charge is 0.262 e. The number of ether oxygens (including phenoxy) is 1. The van der Waals surface area contributed by atoms with Gasteiger partial charge in [0, 0.05) is 18.8 Å². The molecule has 1 heterocycles. The predicted octanol–water partition coefficient (Wildman–Crippen LogP) is 3.45. The van der Waals surface area contributed by atoms with Crippen molar-refractivity contribution in [1.29, 1.82) is 0 Å². The number of halogens is 1. The molecule has 1 N–H and O–H groups in total. The Kier molecular flexibility index (Phi) is 6.04. The average molecular weight is 409 g/mol. The van der Waals surface area contributed by atoms with Gasteiger partial charge in [0.2, 0.25) is 10.0 Å². The predicted molar refractivity (Wildman–Crippen MR) is 105 cm³/mol. The van der Waals surface area contributed by atoms with Crippen molar-refractivity contribution < 1.29 is 17.9 Å². The van der Waals surface area contributed by atoms with E-state index in [0.717, 1.165) is 18.4 Å². The summed E-state index contributed by atoms with van der Waals surface area (Å²) in [7, 11) is -3.54. The van der Waals surface area contributed by atoms with Crippen LogP contribution < -0.4 is 10.1 Å². The summed E-state index contributed by atoms with van der Waals surface area (Å²) in [6.45, 7) is 2.72. The van der Waals surface area contributed by atoms with Crippen LogP contribution in [0.4, 0.5) is 5.69 Å². The normalized spacial score (nSPS) is 14.9. The quantitative estimate of drug-likeness (QED) is 0.794. The van der Waals surface area contributed by atoms with Gasteiger partial charge >= 0.3 is 0 Å². The van der Waals surface area contributed by atoms with Crippen LogP contribution >= 0.6 is 11.6 Å². The molecule has 0 atom stereocenters. The second-order valence-corrected chi connectivity index (χ2v) is 8.70. The zero-order valence-corrected chi connectivity index (χ0v) is 16.5. The fraction of sp³-hybridized carbons (Fsp3) is 0.316. The molecule has 1 fully saturated rings. The largest absolute Gasteiger partial charge is 0.482 e. The van der Waals surface area contributed by atoms with Gasteiger partial charge in [0.15, 0.2) is 6.61 Å². The van der Waals surface area contributed by atoms with E-state index < -0.39 is 10.0 Å². The van der Waals surface area contributed by atoms with Crippen LogP contribution in [0.5, 0.6) is 5.75 Å². The minimum Gasteiger partial charge on any atom is -0.482 e. The third kappa shape index (κ3) is 4.61. The number of nitrogens with zero attached hydrogens (tertiary/aromatic N) is 1. The molecule has 0 radical (unpaired) electrons. The third-order valence-electron chi connectivity index (χ3n) is 4.38. The molecular weight excluding hydrogens is 388 g/mol. The van der Waals surface area contributed by atoms with Crippen molar-refractivity contribution in [2.45, 2.75) is 24.7 Å². The Bertz CT molecular complexity index is 940. The van der Waals surface area contributed by atoms with Crippen molar-refractivity contribution in [3.63, 3.8) is 0 Å². The zero-order valence-electron chi connectivity index (χ0n) is 14.9. The van der Waals surface area contributed by atoms with Crippen molar-refractivity contribution in [3.05, 3.63) is 53.1 Å².